The van der Waals surface area contributed by atoms with Gasteiger partial charge in [-0.15, -0.1) is 0 Å². The van der Waals surface area contributed by atoms with Crippen molar-refractivity contribution in [1.82, 2.24) is 0 Å². The Kier molecular flexibility index (Phi) is 5.63. The minimum absolute atomic E-state index is 0.204. The molecule has 5 nitrogen and oxygen atoms in total. The van der Waals surface area contributed by atoms with E-state index in [-0.39, 0.29) is 23.1 Å². The van der Waals surface area contributed by atoms with Crippen LogP contribution in [0.25, 0.3) is 0 Å². The van der Waals surface area contributed by atoms with Gasteiger partial charge in [0.1, 0.15) is 5.76 Å². The zero-order chi connectivity index (χ0) is 18.5. The summed E-state index contributed by atoms with van der Waals surface area (Å²) < 4.78 is 6.58. The Bertz CT molecular complexity index is 890. The topological polar surface area (TPSA) is 73.3 Å². The van der Waals surface area contributed by atoms with Crippen LogP contribution in [0.5, 0.6) is 0 Å². The first-order chi connectivity index (χ1) is 12.6. The Morgan fingerprint density at radius 1 is 1.00 bits per heavy atom. The number of carbonyl (C=O) groups is 1. The standard InChI is InChI=1S/C20H16BrNO4/c21-16-8-6-15(7-9-16)20(19-11-10-17(13-23)26-19)18(12-22(24)25)14-4-2-1-3-5-14/h1-11,13,18,20H,12H2/t18-,20+/m0/s1. The van der Waals surface area contributed by atoms with Gasteiger partial charge >= 0.3 is 0 Å². The molecule has 1 aromatic heterocycles. The number of aldehydes is 1. The number of hydrogen-bond acceptors (Lipinski definition) is 4. The van der Waals surface area contributed by atoms with E-state index in [2.05, 4.69) is 15.9 Å². The van der Waals surface area contributed by atoms with E-state index in [4.69, 9.17) is 4.42 Å². The minimum atomic E-state index is -0.432. The fourth-order valence-corrected chi connectivity index (χ4v) is 3.39. The van der Waals surface area contributed by atoms with Crippen molar-refractivity contribution in [1.29, 1.82) is 0 Å². The second-order valence-corrected chi connectivity index (χ2v) is 6.84. The molecule has 0 amide bonds. The molecule has 1 heterocycles. The van der Waals surface area contributed by atoms with Crippen molar-refractivity contribution in [3.8, 4) is 0 Å². The highest BCUT2D eigenvalue weighted by molar-refractivity contribution is 9.10. The molecule has 0 spiro atoms. The van der Waals surface area contributed by atoms with Crippen LogP contribution < -0.4 is 0 Å². The van der Waals surface area contributed by atoms with Gasteiger partial charge in [0.25, 0.3) is 0 Å². The van der Waals surface area contributed by atoms with Crippen molar-refractivity contribution < 1.29 is 14.1 Å². The Labute approximate surface area is 158 Å². The molecule has 0 aliphatic heterocycles. The third-order valence-electron chi connectivity index (χ3n) is 4.28. The summed E-state index contributed by atoms with van der Waals surface area (Å²) in [7, 11) is 0. The molecule has 3 aromatic rings. The van der Waals surface area contributed by atoms with Crippen LogP contribution in [0, 0.1) is 10.1 Å². The first kappa shape index (κ1) is 18.1. The van der Waals surface area contributed by atoms with Gasteiger partial charge in [0.2, 0.25) is 6.54 Å². The van der Waals surface area contributed by atoms with Gasteiger partial charge in [0.15, 0.2) is 12.0 Å². The van der Waals surface area contributed by atoms with Crippen LogP contribution in [0.2, 0.25) is 0 Å². The first-order valence-corrected chi connectivity index (χ1v) is 8.85. The van der Waals surface area contributed by atoms with Gasteiger partial charge < -0.3 is 4.42 Å². The number of nitrogens with zero attached hydrogens (tertiary/aromatic N) is 1. The van der Waals surface area contributed by atoms with Gasteiger partial charge in [-0.2, -0.15) is 0 Å². The highest BCUT2D eigenvalue weighted by Gasteiger charge is 2.32. The summed E-state index contributed by atoms with van der Waals surface area (Å²) in [5, 5.41) is 11.4. The van der Waals surface area contributed by atoms with Crippen LogP contribution in [0.4, 0.5) is 0 Å². The Morgan fingerprint density at radius 3 is 2.27 bits per heavy atom. The van der Waals surface area contributed by atoms with Gasteiger partial charge in [0, 0.05) is 9.40 Å². The summed E-state index contributed by atoms with van der Waals surface area (Å²) in [5.41, 5.74) is 1.73. The average Bonchev–Trinajstić information content (AvgIpc) is 3.12. The van der Waals surface area contributed by atoms with Crippen LogP contribution >= 0.6 is 15.9 Å². The zero-order valence-corrected chi connectivity index (χ0v) is 15.3. The van der Waals surface area contributed by atoms with Crippen molar-refractivity contribution in [3.63, 3.8) is 0 Å². The summed E-state index contributed by atoms with van der Waals surface area (Å²) in [5.74, 6) is -0.0808. The highest BCUT2D eigenvalue weighted by atomic mass is 79.9. The predicted octanol–water partition coefficient (Wildman–Crippen LogP) is 5.05. The fourth-order valence-electron chi connectivity index (χ4n) is 3.13. The smallest absolute Gasteiger partial charge is 0.211 e. The molecule has 2 aromatic carbocycles. The van der Waals surface area contributed by atoms with E-state index in [9.17, 15) is 14.9 Å². The lowest BCUT2D eigenvalue weighted by atomic mass is 9.80. The molecule has 132 valence electrons. The summed E-state index contributed by atoms with van der Waals surface area (Å²) in [4.78, 5) is 22.1. The van der Waals surface area contributed by atoms with Crippen molar-refractivity contribution in [2.24, 2.45) is 0 Å². The molecule has 6 heteroatoms. The second-order valence-electron chi connectivity index (χ2n) is 5.92. The van der Waals surface area contributed by atoms with E-state index < -0.39 is 5.92 Å². The fraction of sp³-hybridized carbons (Fsp3) is 0.150. The van der Waals surface area contributed by atoms with Crippen molar-refractivity contribution >= 4 is 22.2 Å². The van der Waals surface area contributed by atoms with E-state index in [0.717, 1.165) is 15.6 Å². The maximum atomic E-state index is 11.4. The van der Waals surface area contributed by atoms with Gasteiger partial charge in [-0.25, -0.2) is 0 Å². The largest absolute Gasteiger partial charge is 0.458 e. The first-order valence-electron chi connectivity index (χ1n) is 8.05. The lowest BCUT2D eigenvalue weighted by Crippen LogP contribution is -2.21. The molecule has 2 atom stereocenters. The monoisotopic (exact) mass is 413 g/mol. The molecule has 0 radical (unpaired) electrons. The molecular weight excluding hydrogens is 398 g/mol. The van der Waals surface area contributed by atoms with Crippen LogP contribution in [0.15, 0.2) is 75.6 Å². The zero-order valence-electron chi connectivity index (χ0n) is 13.7. The summed E-state index contributed by atoms with van der Waals surface area (Å²) in [6, 6.07) is 20.3. The molecule has 0 unspecified atom stereocenters. The molecule has 0 bridgehead atoms. The molecule has 0 fully saturated rings. The Morgan fingerprint density at radius 2 is 1.69 bits per heavy atom. The molecule has 0 aliphatic rings. The van der Waals surface area contributed by atoms with E-state index in [1.165, 1.54) is 0 Å². The third-order valence-corrected chi connectivity index (χ3v) is 4.80. The number of furan rings is 1. The summed E-state index contributed by atoms with van der Waals surface area (Å²) in [6.07, 6.45) is 0.632. The van der Waals surface area contributed by atoms with E-state index in [1.54, 1.807) is 12.1 Å². The maximum absolute atomic E-state index is 11.4. The van der Waals surface area contributed by atoms with Crippen molar-refractivity contribution in [2.45, 2.75) is 11.8 Å². The molecule has 26 heavy (non-hydrogen) atoms. The number of carbonyl (C=O) groups excluding carboxylic acids is 1. The number of hydrogen-bond donors (Lipinski definition) is 0. The minimum Gasteiger partial charge on any atom is -0.458 e. The van der Waals surface area contributed by atoms with E-state index in [0.29, 0.717) is 12.0 Å². The SMILES string of the molecule is O=Cc1ccc([C@H](c2ccc(Br)cc2)[C@@H](C[N+](=O)[O-])c2ccccc2)o1. The quantitative estimate of drug-likeness (QED) is 0.308. The number of halogens is 1. The highest BCUT2D eigenvalue weighted by Crippen LogP contribution is 2.39. The molecule has 3 rings (SSSR count). The molecular formula is C20H16BrNO4. The van der Waals surface area contributed by atoms with Crippen molar-refractivity contribution in [3.05, 3.63) is 104 Å². The molecule has 0 saturated heterocycles. The van der Waals surface area contributed by atoms with Crippen LogP contribution in [-0.2, 0) is 0 Å². The van der Waals surface area contributed by atoms with Gasteiger partial charge in [-0.05, 0) is 35.4 Å². The van der Waals surface area contributed by atoms with E-state index >= 15 is 0 Å². The number of benzene rings is 2. The van der Waals surface area contributed by atoms with Gasteiger partial charge in [-0.1, -0.05) is 58.4 Å². The summed E-state index contributed by atoms with van der Waals surface area (Å²) in [6.45, 7) is -0.248. The Balaban J connectivity index is 2.13. The van der Waals surface area contributed by atoms with Crippen LogP contribution in [-0.4, -0.2) is 17.8 Å². The Hall–Kier alpha value is -2.73. The summed E-state index contributed by atoms with van der Waals surface area (Å²) >= 11 is 3.41. The van der Waals surface area contributed by atoms with Gasteiger partial charge in [-0.3, -0.25) is 14.9 Å². The van der Waals surface area contributed by atoms with Gasteiger partial charge in [0.05, 0.1) is 11.8 Å². The van der Waals surface area contributed by atoms with E-state index in [1.807, 2.05) is 54.6 Å². The molecule has 0 N–H and O–H groups in total. The predicted molar refractivity (Wildman–Crippen MR) is 101 cm³/mol. The molecule has 0 saturated carbocycles. The van der Waals surface area contributed by atoms with Crippen LogP contribution in [0.3, 0.4) is 0 Å². The lowest BCUT2D eigenvalue weighted by molar-refractivity contribution is -0.483. The maximum Gasteiger partial charge on any atom is 0.211 e. The normalized spacial score (nSPS) is 13.1. The molecule has 0 aliphatic carbocycles. The third kappa shape index (κ3) is 4.08. The number of nitro groups is 1. The number of rotatable bonds is 7. The van der Waals surface area contributed by atoms with Crippen molar-refractivity contribution in [2.75, 3.05) is 6.54 Å². The lowest BCUT2D eigenvalue weighted by Gasteiger charge is -2.24. The van der Waals surface area contributed by atoms with Crippen LogP contribution in [0.1, 0.15) is 39.3 Å². The second kappa shape index (κ2) is 8.10. The average molecular weight is 414 g/mol.